The van der Waals surface area contributed by atoms with E-state index in [9.17, 15) is 14.7 Å². The fourth-order valence-electron chi connectivity index (χ4n) is 2.30. The van der Waals surface area contributed by atoms with Crippen molar-refractivity contribution < 1.29 is 24.5 Å². The summed E-state index contributed by atoms with van der Waals surface area (Å²) < 4.78 is 5.08. The van der Waals surface area contributed by atoms with Crippen LogP contribution in [0.3, 0.4) is 0 Å². The van der Waals surface area contributed by atoms with Crippen LogP contribution in [0.5, 0.6) is 5.75 Å². The van der Waals surface area contributed by atoms with E-state index in [0.717, 1.165) is 5.56 Å². The Morgan fingerprint density at radius 3 is 2.86 bits per heavy atom. The Morgan fingerprint density at radius 2 is 2.19 bits per heavy atom. The van der Waals surface area contributed by atoms with Gasteiger partial charge in [-0.15, -0.1) is 0 Å². The molecule has 1 fully saturated rings. The van der Waals surface area contributed by atoms with Crippen molar-refractivity contribution in [3.05, 3.63) is 35.9 Å². The molecule has 21 heavy (non-hydrogen) atoms. The number of aliphatic hydroxyl groups is 1. The number of hydrogen-bond donors (Lipinski definition) is 2. The Kier molecular flexibility index (Phi) is 4.59. The molecule has 0 radical (unpaired) electrons. The Bertz CT molecular complexity index is 569. The van der Waals surface area contributed by atoms with Gasteiger partial charge in [0.1, 0.15) is 11.8 Å². The van der Waals surface area contributed by atoms with Gasteiger partial charge < -0.3 is 19.8 Å². The number of amides is 1. The fourth-order valence-corrected chi connectivity index (χ4v) is 2.30. The quantitative estimate of drug-likeness (QED) is 0.800. The van der Waals surface area contributed by atoms with Crippen LogP contribution >= 0.6 is 0 Å². The molecular weight excluding hydrogens is 274 g/mol. The molecule has 6 nitrogen and oxygen atoms in total. The summed E-state index contributed by atoms with van der Waals surface area (Å²) in [6.07, 6.45) is 2.17. The van der Waals surface area contributed by atoms with Crippen molar-refractivity contribution >= 4 is 18.0 Å². The normalized spacial score (nSPS) is 21.7. The third-order valence-electron chi connectivity index (χ3n) is 3.36. The average Bonchev–Trinajstić information content (AvgIpc) is 2.87. The summed E-state index contributed by atoms with van der Waals surface area (Å²) >= 11 is 0. The molecule has 1 aliphatic rings. The first-order valence-corrected chi connectivity index (χ1v) is 6.55. The number of nitrogens with zero attached hydrogens (tertiary/aromatic N) is 1. The lowest BCUT2D eigenvalue weighted by Crippen LogP contribution is -2.39. The number of methoxy groups -OCH3 is 1. The molecule has 0 aliphatic carbocycles. The van der Waals surface area contributed by atoms with Crippen LogP contribution in [0.15, 0.2) is 30.3 Å². The molecule has 1 heterocycles. The third kappa shape index (κ3) is 3.61. The minimum Gasteiger partial charge on any atom is -0.497 e. The first-order valence-electron chi connectivity index (χ1n) is 6.55. The maximum Gasteiger partial charge on any atom is 0.326 e. The molecule has 112 valence electrons. The lowest BCUT2D eigenvalue weighted by Gasteiger charge is -2.19. The Hall–Kier alpha value is -2.34. The molecule has 6 heteroatoms. The van der Waals surface area contributed by atoms with E-state index < -0.39 is 24.0 Å². The number of carbonyl (C=O) groups excluding carboxylic acids is 1. The zero-order valence-corrected chi connectivity index (χ0v) is 11.6. The number of carboxylic acid groups (broad SMARTS) is 1. The van der Waals surface area contributed by atoms with Gasteiger partial charge in [0, 0.05) is 19.0 Å². The number of aliphatic hydroxyl groups excluding tert-OH is 1. The van der Waals surface area contributed by atoms with Crippen LogP contribution in [0.4, 0.5) is 0 Å². The number of carbonyl (C=O) groups is 2. The fraction of sp³-hybridized carbons (Fsp3) is 0.333. The minimum atomic E-state index is -1.10. The predicted octanol–water partition coefficient (Wildman–Crippen LogP) is 0.755. The van der Waals surface area contributed by atoms with E-state index in [-0.39, 0.29) is 13.0 Å². The van der Waals surface area contributed by atoms with Crippen LogP contribution < -0.4 is 4.74 Å². The van der Waals surface area contributed by atoms with Crippen molar-refractivity contribution in [1.82, 2.24) is 4.90 Å². The van der Waals surface area contributed by atoms with Gasteiger partial charge in [-0.2, -0.15) is 0 Å². The molecule has 1 aliphatic heterocycles. The standard InChI is InChI=1S/C15H17NO5/c1-21-12-4-2-3-10(7-12)5-6-14(18)16-9-11(17)8-13(16)15(19)20/h2-7,11,13,17H,8-9H2,1H3,(H,19,20)/t11-,13+/m1/s1. The predicted molar refractivity (Wildman–Crippen MR) is 75.8 cm³/mol. The van der Waals surface area contributed by atoms with Gasteiger partial charge in [0.25, 0.3) is 0 Å². The van der Waals surface area contributed by atoms with Crippen molar-refractivity contribution in [2.75, 3.05) is 13.7 Å². The summed E-state index contributed by atoms with van der Waals surface area (Å²) in [5.74, 6) is -0.860. The van der Waals surface area contributed by atoms with Crippen LogP contribution in [0.1, 0.15) is 12.0 Å². The lowest BCUT2D eigenvalue weighted by atomic mass is 10.2. The number of hydrogen-bond acceptors (Lipinski definition) is 4. The average molecular weight is 291 g/mol. The lowest BCUT2D eigenvalue weighted by molar-refractivity contribution is -0.146. The summed E-state index contributed by atoms with van der Waals surface area (Å²) in [6.45, 7) is 0.0399. The van der Waals surface area contributed by atoms with Crippen LogP contribution in [-0.4, -0.2) is 52.8 Å². The van der Waals surface area contributed by atoms with Crippen molar-refractivity contribution in [2.45, 2.75) is 18.6 Å². The number of rotatable bonds is 4. The maximum absolute atomic E-state index is 12.1. The molecule has 1 aromatic rings. The SMILES string of the molecule is COc1cccc(C=CC(=O)N2C[C@H](O)C[C@H]2C(=O)O)c1. The van der Waals surface area contributed by atoms with Gasteiger partial charge in [0.05, 0.1) is 13.2 Å². The second-order valence-electron chi connectivity index (χ2n) is 4.84. The highest BCUT2D eigenvalue weighted by atomic mass is 16.5. The second-order valence-corrected chi connectivity index (χ2v) is 4.84. The van der Waals surface area contributed by atoms with Crippen molar-refractivity contribution in [3.8, 4) is 5.75 Å². The summed E-state index contributed by atoms with van der Waals surface area (Å²) in [4.78, 5) is 24.3. The third-order valence-corrected chi connectivity index (χ3v) is 3.36. The van der Waals surface area contributed by atoms with Gasteiger partial charge in [0.15, 0.2) is 0 Å². The van der Waals surface area contributed by atoms with Gasteiger partial charge in [-0.05, 0) is 23.8 Å². The Morgan fingerprint density at radius 1 is 1.43 bits per heavy atom. The molecule has 1 amide bonds. The monoisotopic (exact) mass is 291 g/mol. The molecule has 0 spiro atoms. The molecule has 0 saturated carbocycles. The van der Waals surface area contributed by atoms with E-state index in [0.29, 0.717) is 5.75 Å². The minimum absolute atomic E-state index is 0.0399. The van der Waals surface area contributed by atoms with Crippen molar-refractivity contribution in [2.24, 2.45) is 0 Å². The van der Waals surface area contributed by atoms with E-state index in [1.807, 2.05) is 0 Å². The van der Waals surface area contributed by atoms with Crippen LogP contribution in [0, 0.1) is 0 Å². The summed E-state index contributed by atoms with van der Waals surface area (Å²) in [5, 5.41) is 18.6. The zero-order valence-electron chi connectivity index (χ0n) is 11.6. The maximum atomic E-state index is 12.1. The van der Waals surface area contributed by atoms with Gasteiger partial charge in [-0.25, -0.2) is 4.79 Å². The number of aliphatic carboxylic acids is 1. The van der Waals surface area contributed by atoms with Crippen LogP contribution in [0.2, 0.25) is 0 Å². The highest BCUT2D eigenvalue weighted by Crippen LogP contribution is 2.19. The van der Waals surface area contributed by atoms with Gasteiger partial charge in [-0.1, -0.05) is 12.1 Å². The number of benzene rings is 1. The number of β-amino-alcohol motifs (C(OH)–C–C–N with tert-alkyl or cyclic N) is 1. The molecule has 1 aromatic carbocycles. The highest BCUT2D eigenvalue weighted by molar-refractivity contribution is 5.94. The van der Waals surface area contributed by atoms with Gasteiger partial charge in [0.2, 0.25) is 5.91 Å². The van der Waals surface area contributed by atoms with E-state index in [4.69, 9.17) is 9.84 Å². The molecule has 2 rings (SSSR count). The molecule has 2 N–H and O–H groups in total. The smallest absolute Gasteiger partial charge is 0.326 e. The number of carboxylic acids is 1. The molecule has 0 unspecified atom stereocenters. The van der Waals surface area contributed by atoms with E-state index in [1.54, 1.807) is 37.5 Å². The van der Waals surface area contributed by atoms with Gasteiger partial charge in [-0.3, -0.25) is 4.79 Å². The summed E-state index contributed by atoms with van der Waals surface area (Å²) in [7, 11) is 1.55. The number of likely N-dealkylation sites (tertiary alicyclic amines) is 1. The van der Waals surface area contributed by atoms with Gasteiger partial charge >= 0.3 is 5.97 Å². The first-order chi connectivity index (χ1) is 10.0. The summed E-state index contributed by atoms with van der Waals surface area (Å²) in [6, 6.07) is 6.18. The van der Waals surface area contributed by atoms with E-state index in [1.165, 1.54) is 11.0 Å². The largest absolute Gasteiger partial charge is 0.497 e. The Balaban J connectivity index is 2.09. The summed E-state index contributed by atoms with van der Waals surface area (Å²) in [5.41, 5.74) is 0.773. The molecule has 1 saturated heterocycles. The van der Waals surface area contributed by atoms with Crippen LogP contribution in [0.25, 0.3) is 6.08 Å². The van der Waals surface area contributed by atoms with E-state index in [2.05, 4.69) is 0 Å². The first kappa shape index (κ1) is 15.1. The topological polar surface area (TPSA) is 87.1 Å². The molecule has 0 aromatic heterocycles. The highest BCUT2D eigenvalue weighted by Gasteiger charge is 2.37. The Labute approximate surface area is 122 Å². The second kappa shape index (κ2) is 6.41. The van der Waals surface area contributed by atoms with Crippen molar-refractivity contribution in [1.29, 1.82) is 0 Å². The number of ether oxygens (including phenoxy) is 1. The van der Waals surface area contributed by atoms with Crippen molar-refractivity contribution in [3.63, 3.8) is 0 Å². The zero-order chi connectivity index (χ0) is 15.4. The van der Waals surface area contributed by atoms with Crippen LogP contribution in [-0.2, 0) is 9.59 Å². The van der Waals surface area contributed by atoms with E-state index >= 15 is 0 Å². The molecule has 2 atom stereocenters. The molecular formula is C15H17NO5. The molecule has 0 bridgehead atoms.